The lowest BCUT2D eigenvalue weighted by Gasteiger charge is -2.35. The standard InChI is InChI=1S/C16H15BrClF3N2S.ClH/c17-12-2-1-10(16(19,20)21)9-11(12)15(13-3-4-14(18)24-13)23-7-5-22-6-8-23;/h1-4,9,15,22H,5-8H2;1H/t15-;/m0./s1. The molecule has 0 amide bonds. The van der Waals surface area contributed by atoms with E-state index in [4.69, 9.17) is 11.6 Å². The highest BCUT2D eigenvalue weighted by Gasteiger charge is 2.33. The van der Waals surface area contributed by atoms with Crippen molar-refractivity contribution in [3.05, 3.63) is 55.1 Å². The first-order chi connectivity index (χ1) is 11.4. The van der Waals surface area contributed by atoms with E-state index in [1.54, 1.807) is 6.07 Å². The Hall–Kier alpha value is -0.310. The van der Waals surface area contributed by atoms with Gasteiger partial charge in [0.1, 0.15) is 0 Å². The molecule has 1 aliphatic rings. The van der Waals surface area contributed by atoms with Gasteiger partial charge in [-0.2, -0.15) is 13.2 Å². The SMILES string of the molecule is Cl.FC(F)(F)c1ccc(Br)c([C@@H](c2ccc(Cl)s2)N2CCNCC2)c1. The molecule has 1 aromatic heterocycles. The highest BCUT2D eigenvalue weighted by atomic mass is 79.9. The summed E-state index contributed by atoms with van der Waals surface area (Å²) < 4.78 is 40.8. The molecule has 138 valence electrons. The summed E-state index contributed by atoms with van der Waals surface area (Å²) in [7, 11) is 0. The van der Waals surface area contributed by atoms with Gasteiger partial charge in [0.05, 0.1) is 15.9 Å². The molecule has 0 unspecified atom stereocenters. The fraction of sp³-hybridized carbons (Fsp3) is 0.375. The number of nitrogens with one attached hydrogen (secondary N) is 1. The van der Waals surface area contributed by atoms with Crippen LogP contribution in [0.5, 0.6) is 0 Å². The zero-order chi connectivity index (χ0) is 17.3. The molecule has 1 fully saturated rings. The van der Waals surface area contributed by atoms with Crippen molar-refractivity contribution in [2.45, 2.75) is 12.2 Å². The van der Waals surface area contributed by atoms with Gasteiger partial charge in [0, 0.05) is 35.5 Å². The molecular weight excluding hydrogens is 460 g/mol. The summed E-state index contributed by atoms with van der Waals surface area (Å²) in [5, 5.41) is 3.27. The second-order valence-electron chi connectivity index (χ2n) is 5.56. The van der Waals surface area contributed by atoms with Gasteiger partial charge >= 0.3 is 6.18 Å². The number of hydrogen-bond acceptors (Lipinski definition) is 3. The van der Waals surface area contributed by atoms with Crippen LogP contribution in [0.4, 0.5) is 13.2 Å². The van der Waals surface area contributed by atoms with Gasteiger partial charge in [-0.1, -0.05) is 27.5 Å². The molecule has 25 heavy (non-hydrogen) atoms. The van der Waals surface area contributed by atoms with Crippen molar-refractivity contribution < 1.29 is 13.2 Å². The Bertz CT molecular complexity index is 718. The fourth-order valence-corrected chi connectivity index (χ4v) is 4.55. The lowest BCUT2D eigenvalue weighted by Crippen LogP contribution is -2.45. The Balaban J connectivity index is 0.00000225. The van der Waals surface area contributed by atoms with Crippen molar-refractivity contribution in [2.75, 3.05) is 26.2 Å². The van der Waals surface area contributed by atoms with Crippen LogP contribution in [0.25, 0.3) is 0 Å². The van der Waals surface area contributed by atoms with Gasteiger partial charge in [-0.15, -0.1) is 23.7 Å². The molecule has 2 nitrogen and oxygen atoms in total. The number of rotatable bonds is 3. The number of nitrogens with zero attached hydrogens (tertiary/aromatic N) is 1. The maximum absolute atomic E-state index is 13.2. The van der Waals surface area contributed by atoms with Crippen molar-refractivity contribution >= 4 is 51.3 Å². The summed E-state index contributed by atoms with van der Waals surface area (Å²) in [4.78, 5) is 3.14. The molecule has 1 aliphatic heterocycles. The Morgan fingerprint density at radius 2 is 1.84 bits per heavy atom. The first kappa shape index (κ1) is 21.0. The third kappa shape index (κ3) is 4.90. The largest absolute Gasteiger partial charge is 0.416 e. The van der Waals surface area contributed by atoms with Crippen LogP contribution in [0.1, 0.15) is 22.0 Å². The number of benzene rings is 1. The Labute approximate surface area is 167 Å². The van der Waals surface area contributed by atoms with E-state index in [0.717, 1.165) is 37.1 Å². The molecule has 0 bridgehead atoms. The van der Waals surface area contributed by atoms with E-state index in [2.05, 4.69) is 26.1 Å². The predicted octanol–water partition coefficient (Wildman–Crippen LogP) is 5.60. The van der Waals surface area contributed by atoms with E-state index in [0.29, 0.717) is 14.4 Å². The molecule has 3 rings (SSSR count). The van der Waals surface area contributed by atoms with Crippen molar-refractivity contribution in [1.82, 2.24) is 10.2 Å². The monoisotopic (exact) mass is 474 g/mol. The molecule has 0 spiro atoms. The molecule has 9 heteroatoms. The van der Waals surface area contributed by atoms with Gasteiger partial charge < -0.3 is 5.32 Å². The molecule has 2 aromatic rings. The summed E-state index contributed by atoms with van der Waals surface area (Å²) in [6.07, 6.45) is -4.36. The van der Waals surface area contributed by atoms with Crippen LogP contribution in [0, 0.1) is 0 Å². The summed E-state index contributed by atoms with van der Waals surface area (Å²) in [5.41, 5.74) is -0.0197. The third-order valence-electron chi connectivity index (χ3n) is 4.00. The lowest BCUT2D eigenvalue weighted by atomic mass is 10.00. The van der Waals surface area contributed by atoms with E-state index in [9.17, 15) is 13.2 Å². The smallest absolute Gasteiger partial charge is 0.314 e. The summed E-state index contributed by atoms with van der Waals surface area (Å²) >= 11 is 10.9. The van der Waals surface area contributed by atoms with Gasteiger partial charge in [0.25, 0.3) is 0 Å². The zero-order valence-electron chi connectivity index (χ0n) is 12.9. The van der Waals surface area contributed by atoms with Crippen molar-refractivity contribution in [2.24, 2.45) is 0 Å². The quantitative estimate of drug-likeness (QED) is 0.621. The maximum atomic E-state index is 13.2. The van der Waals surface area contributed by atoms with Gasteiger partial charge in [-0.25, -0.2) is 0 Å². The minimum atomic E-state index is -4.36. The van der Waals surface area contributed by atoms with Gasteiger partial charge in [0.15, 0.2) is 0 Å². The van der Waals surface area contributed by atoms with E-state index in [1.807, 2.05) is 6.07 Å². The number of piperazine rings is 1. The number of thiophene rings is 1. The number of alkyl halides is 3. The van der Waals surface area contributed by atoms with Crippen LogP contribution in [0.2, 0.25) is 4.34 Å². The van der Waals surface area contributed by atoms with E-state index >= 15 is 0 Å². The minimum absolute atomic E-state index is 0. The fourth-order valence-electron chi connectivity index (χ4n) is 2.88. The van der Waals surface area contributed by atoms with Crippen molar-refractivity contribution in [3.63, 3.8) is 0 Å². The second kappa shape index (κ2) is 8.59. The molecule has 0 saturated carbocycles. The van der Waals surface area contributed by atoms with E-state index in [1.165, 1.54) is 23.5 Å². The highest BCUT2D eigenvalue weighted by Crippen LogP contribution is 2.41. The van der Waals surface area contributed by atoms with Gasteiger partial charge in [-0.3, -0.25) is 4.90 Å². The Kier molecular flexibility index (Phi) is 7.21. The second-order valence-corrected chi connectivity index (χ2v) is 8.17. The van der Waals surface area contributed by atoms with Crippen LogP contribution in [-0.4, -0.2) is 31.1 Å². The van der Waals surface area contributed by atoms with Gasteiger partial charge in [0.2, 0.25) is 0 Å². The first-order valence-corrected chi connectivity index (χ1v) is 9.41. The summed E-state index contributed by atoms with van der Waals surface area (Å²) in [6, 6.07) is 7.25. The van der Waals surface area contributed by atoms with E-state index in [-0.39, 0.29) is 18.4 Å². The highest BCUT2D eigenvalue weighted by molar-refractivity contribution is 9.10. The molecule has 0 aliphatic carbocycles. The molecule has 1 atom stereocenters. The van der Waals surface area contributed by atoms with E-state index < -0.39 is 11.7 Å². The molecular formula is C16H16BrCl2F3N2S. The maximum Gasteiger partial charge on any atom is 0.416 e. The average Bonchev–Trinajstić information content (AvgIpc) is 2.95. The normalized spacial score (nSPS) is 17.2. The van der Waals surface area contributed by atoms with Crippen LogP contribution in [0.3, 0.4) is 0 Å². The van der Waals surface area contributed by atoms with Crippen molar-refractivity contribution in [3.8, 4) is 0 Å². The topological polar surface area (TPSA) is 15.3 Å². The molecule has 1 aromatic carbocycles. The zero-order valence-corrected chi connectivity index (χ0v) is 16.9. The van der Waals surface area contributed by atoms with Crippen LogP contribution < -0.4 is 5.32 Å². The average molecular weight is 476 g/mol. The van der Waals surface area contributed by atoms with Crippen LogP contribution in [-0.2, 0) is 6.18 Å². The summed E-state index contributed by atoms with van der Waals surface area (Å²) in [6.45, 7) is 3.16. The Morgan fingerprint density at radius 1 is 1.16 bits per heavy atom. The Morgan fingerprint density at radius 3 is 2.40 bits per heavy atom. The molecule has 0 radical (unpaired) electrons. The third-order valence-corrected chi connectivity index (χ3v) is 6.00. The van der Waals surface area contributed by atoms with Gasteiger partial charge in [-0.05, 0) is 35.9 Å². The van der Waals surface area contributed by atoms with Crippen LogP contribution >= 0.6 is 51.3 Å². The summed E-state index contributed by atoms with van der Waals surface area (Å²) in [5.74, 6) is 0. The van der Waals surface area contributed by atoms with Crippen LogP contribution in [0.15, 0.2) is 34.8 Å². The predicted molar refractivity (Wildman–Crippen MR) is 102 cm³/mol. The lowest BCUT2D eigenvalue weighted by molar-refractivity contribution is -0.137. The molecule has 1 N–H and O–H groups in total. The molecule has 2 heterocycles. The number of halogens is 6. The minimum Gasteiger partial charge on any atom is -0.314 e. The molecule has 1 saturated heterocycles. The van der Waals surface area contributed by atoms with Crippen molar-refractivity contribution in [1.29, 1.82) is 0 Å². The first-order valence-electron chi connectivity index (χ1n) is 7.43. The number of hydrogen-bond donors (Lipinski definition) is 1.